The molecule has 0 aromatic heterocycles. The molecule has 2 rings (SSSR count). The van der Waals surface area contributed by atoms with Crippen LogP contribution in [0.5, 0.6) is 0 Å². The van der Waals surface area contributed by atoms with Gasteiger partial charge in [-0.25, -0.2) is 0 Å². The van der Waals surface area contributed by atoms with Crippen LogP contribution < -0.4 is 0 Å². The van der Waals surface area contributed by atoms with Crippen molar-refractivity contribution in [1.82, 2.24) is 0 Å². The lowest BCUT2D eigenvalue weighted by Gasteiger charge is -2.35. The summed E-state index contributed by atoms with van der Waals surface area (Å²) in [7, 11) is 0. The summed E-state index contributed by atoms with van der Waals surface area (Å²) in [6.07, 6.45) is 13.4. The second-order valence-electron chi connectivity index (χ2n) is 5.84. The second-order valence-corrected chi connectivity index (χ2v) is 5.84. The Hall–Kier alpha value is -0.0400. The number of rotatable bonds is 4. The maximum Gasteiger partial charge on any atom is 0.0494 e. The fourth-order valence-electron chi connectivity index (χ4n) is 3.72. The van der Waals surface area contributed by atoms with Crippen LogP contribution in [0.2, 0.25) is 0 Å². The SMILES string of the molecule is CCOCC1CCC(C2CCCCC2)CC1. The Morgan fingerprint density at radius 1 is 0.812 bits per heavy atom. The van der Waals surface area contributed by atoms with E-state index in [2.05, 4.69) is 6.92 Å². The van der Waals surface area contributed by atoms with Crippen LogP contribution in [0.25, 0.3) is 0 Å². The average Bonchev–Trinajstić information content (AvgIpc) is 2.38. The molecule has 2 saturated carbocycles. The summed E-state index contributed by atoms with van der Waals surface area (Å²) in [6.45, 7) is 4.02. The minimum absolute atomic E-state index is 0.875. The predicted molar refractivity (Wildman–Crippen MR) is 68.5 cm³/mol. The van der Waals surface area contributed by atoms with Gasteiger partial charge in [-0.1, -0.05) is 32.1 Å². The molecular formula is C15H28O. The van der Waals surface area contributed by atoms with Crippen molar-refractivity contribution in [3.63, 3.8) is 0 Å². The molecule has 0 unspecified atom stereocenters. The molecule has 2 aliphatic rings. The molecule has 0 saturated heterocycles. The zero-order valence-corrected chi connectivity index (χ0v) is 10.9. The summed E-state index contributed by atoms with van der Waals surface area (Å²) in [4.78, 5) is 0. The summed E-state index contributed by atoms with van der Waals surface area (Å²) < 4.78 is 5.55. The van der Waals surface area contributed by atoms with E-state index in [4.69, 9.17) is 4.74 Å². The Morgan fingerprint density at radius 2 is 1.44 bits per heavy atom. The molecular weight excluding hydrogens is 196 g/mol. The highest BCUT2D eigenvalue weighted by molar-refractivity contribution is 4.79. The highest BCUT2D eigenvalue weighted by Crippen LogP contribution is 2.39. The van der Waals surface area contributed by atoms with Gasteiger partial charge in [-0.15, -0.1) is 0 Å². The maximum absolute atomic E-state index is 5.55. The summed E-state index contributed by atoms with van der Waals surface area (Å²) in [5.74, 6) is 3.03. The van der Waals surface area contributed by atoms with Crippen LogP contribution in [-0.2, 0) is 4.74 Å². The molecule has 94 valence electrons. The maximum atomic E-state index is 5.55. The summed E-state index contributed by atoms with van der Waals surface area (Å²) in [5, 5.41) is 0. The van der Waals surface area contributed by atoms with E-state index in [1.165, 1.54) is 57.8 Å². The van der Waals surface area contributed by atoms with Crippen molar-refractivity contribution in [2.24, 2.45) is 17.8 Å². The van der Waals surface area contributed by atoms with Crippen molar-refractivity contribution < 1.29 is 4.74 Å². The van der Waals surface area contributed by atoms with Gasteiger partial charge in [0.2, 0.25) is 0 Å². The van der Waals surface area contributed by atoms with Crippen LogP contribution >= 0.6 is 0 Å². The Balaban J connectivity index is 1.67. The number of hydrogen-bond acceptors (Lipinski definition) is 1. The predicted octanol–water partition coefficient (Wildman–Crippen LogP) is 4.41. The quantitative estimate of drug-likeness (QED) is 0.687. The standard InChI is InChI=1S/C15H28O/c1-2-16-12-13-8-10-15(11-9-13)14-6-4-3-5-7-14/h13-15H,2-12H2,1H3. The average molecular weight is 224 g/mol. The van der Waals surface area contributed by atoms with Crippen molar-refractivity contribution in [3.05, 3.63) is 0 Å². The van der Waals surface area contributed by atoms with Gasteiger partial charge < -0.3 is 4.74 Å². The van der Waals surface area contributed by atoms with Crippen molar-refractivity contribution >= 4 is 0 Å². The van der Waals surface area contributed by atoms with E-state index in [9.17, 15) is 0 Å². The van der Waals surface area contributed by atoms with Gasteiger partial charge in [0.05, 0.1) is 0 Å². The highest BCUT2D eigenvalue weighted by Gasteiger charge is 2.28. The second kappa shape index (κ2) is 6.64. The smallest absolute Gasteiger partial charge is 0.0494 e. The van der Waals surface area contributed by atoms with Crippen molar-refractivity contribution in [1.29, 1.82) is 0 Å². The molecule has 1 nitrogen and oxygen atoms in total. The first-order chi connectivity index (χ1) is 7.90. The van der Waals surface area contributed by atoms with E-state index in [1.54, 1.807) is 0 Å². The zero-order valence-electron chi connectivity index (χ0n) is 10.9. The van der Waals surface area contributed by atoms with E-state index in [0.29, 0.717) is 0 Å². The highest BCUT2D eigenvalue weighted by atomic mass is 16.5. The molecule has 0 radical (unpaired) electrons. The molecule has 0 atom stereocenters. The van der Waals surface area contributed by atoms with Crippen LogP contribution in [0.1, 0.15) is 64.7 Å². The molecule has 0 N–H and O–H groups in total. The third-order valence-electron chi connectivity index (χ3n) is 4.77. The van der Waals surface area contributed by atoms with Gasteiger partial charge in [-0.3, -0.25) is 0 Å². The van der Waals surface area contributed by atoms with Crippen molar-refractivity contribution in [2.45, 2.75) is 64.7 Å². The van der Waals surface area contributed by atoms with Gasteiger partial charge in [-0.05, 0) is 50.4 Å². The molecule has 2 fully saturated rings. The van der Waals surface area contributed by atoms with E-state index < -0.39 is 0 Å². The molecule has 1 heteroatoms. The van der Waals surface area contributed by atoms with Gasteiger partial charge in [0, 0.05) is 13.2 Å². The minimum atomic E-state index is 0.875. The molecule has 16 heavy (non-hydrogen) atoms. The van der Waals surface area contributed by atoms with E-state index in [0.717, 1.165) is 31.0 Å². The van der Waals surface area contributed by atoms with Gasteiger partial charge in [0.1, 0.15) is 0 Å². The number of hydrogen-bond donors (Lipinski definition) is 0. The monoisotopic (exact) mass is 224 g/mol. The first kappa shape index (κ1) is 12.4. The third-order valence-corrected chi connectivity index (χ3v) is 4.77. The van der Waals surface area contributed by atoms with Gasteiger partial charge in [0.15, 0.2) is 0 Å². The minimum Gasteiger partial charge on any atom is -0.381 e. The number of ether oxygens (including phenoxy) is 1. The van der Waals surface area contributed by atoms with Crippen LogP contribution in [0.4, 0.5) is 0 Å². The van der Waals surface area contributed by atoms with Crippen LogP contribution in [0.15, 0.2) is 0 Å². The lowest BCUT2D eigenvalue weighted by atomic mass is 9.71. The van der Waals surface area contributed by atoms with Crippen LogP contribution in [-0.4, -0.2) is 13.2 Å². The molecule has 0 heterocycles. The van der Waals surface area contributed by atoms with E-state index in [1.807, 2.05) is 0 Å². The van der Waals surface area contributed by atoms with E-state index in [-0.39, 0.29) is 0 Å². The molecule has 0 bridgehead atoms. The Morgan fingerprint density at radius 3 is 2.06 bits per heavy atom. The van der Waals surface area contributed by atoms with E-state index >= 15 is 0 Å². The van der Waals surface area contributed by atoms with Gasteiger partial charge in [-0.2, -0.15) is 0 Å². The Bertz CT molecular complexity index is 176. The topological polar surface area (TPSA) is 9.23 Å². The third kappa shape index (κ3) is 3.48. The Labute approximate surface area is 101 Å². The molecule has 0 amide bonds. The molecule has 0 spiro atoms. The van der Waals surface area contributed by atoms with Gasteiger partial charge >= 0.3 is 0 Å². The van der Waals surface area contributed by atoms with Gasteiger partial charge in [0.25, 0.3) is 0 Å². The normalized spacial score (nSPS) is 32.8. The zero-order chi connectivity index (χ0) is 11.2. The first-order valence-electron chi connectivity index (χ1n) is 7.48. The molecule has 0 aromatic rings. The lowest BCUT2D eigenvalue weighted by Crippen LogP contribution is -2.25. The van der Waals surface area contributed by atoms with Crippen LogP contribution in [0.3, 0.4) is 0 Å². The van der Waals surface area contributed by atoms with Crippen molar-refractivity contribution in [3.8, 4) is 0 Å². The summed E-state index contributed by atoms with van der Waals surface area (Å²) in [6, 6.07) is 0. The van der Waals surface area contributed by atoms with Crippen LogP contribution in [0, 0.1) is 17.8 Å². The summed E-state index contributed by atoms with van der Waals surface area (Å²) >= 11 is 0. The largest absolute Gasteiger partial charge is 0.381 e. The molecule has 2 aliphatic carbocycles. The fraction of sp³-hybridized carbons (Fsp3) is 1.00. The molecule has 0 aliphatic heterocycles. The Kier molecular flexibility index (Phi) is 5.15. The fourth-order valence-corrected chi connectivity index (χ4v) is 3.72. The lowest BCUT2D eigenvalue weighted by molar-refractivity contribution is 0.0742. The summed E-state index contributed by atoms with van der Waals surface area (Å²) in [5.41, 5.74) is 0. The molecule has 0 aromatic carbocycles. The first-order valence-corrected chi connectivity index (χ1v) is 7.48. The van der Waals surface area contributed by atoms with Crippen molar-refractivity contribution in [2.75, 3.05) is 13.2 Å².